The first-order chi connectivity index (χ1) is 8.15. The molecule has 0 atom stereocenters. The van der Waals surface area contributed by atoms with E-state index in [-0.39, 0.29) is 5.91 Å². The highest BCUT2D eigenvalue weighted by molar-refractivity contribution is 9.10. The Hall–Kier alpha value is -0.480. The fourth-order valence-electron chi connectivity index (χ4n) is 1.51. The van der Waals surface area contributed by atoms with Crippen LogP contribution in [0.3, 0.4) is 0 Å². The van der Waals surface area contributed by atoms with Crippen molar-refractivity contribution >= 4 is 33.6 Å². The normalized spacial score (nSPS) is 10.3. The minimum absolute atomic E-state index is 0.0213. The molecule has 0 aliphatic carbocycles. The minimum Gasteiger partial charge on any atom is -0.352 e. The van der Waals surface area contributed by atoms with E-state index in [0.717, 1.165) is 40.7 Å². The van der Waals surface area contributed by atoms with Gasteiger partial charge in [0.15, 0.2) is 0 Å². The standard InChI is InChI=1S/C13H18BrNOS/c1-10-5-6-11(14)9-12(10)13(16)15-7-3-4-8-17-2/h5-6,9H,3-4,7-8H2,1-2H3,(H,15,16). The number of hydrogen-bond acceptors (Lipinski definition) is 2. The van der Waals surface area contributed by atoms with E-state index >= 15 is 0 Å². The number of aryl methyl sites for hydroxylation is 1. The third-order valence-corrected chi connectivity index (χ3v) is 3.70. The summed E-state index contributed by atoms with van der Waals surface area (Å²) in [6.07, 6.45) is 4.29. The van der Waals surface area contributed by atoms with E-state index in [1.54, 1.807) is 0 Å². The quantitative estimate of drug-likeness (QED) is 0.812. The average Bonchev–Trinajstić information content (AvgIpc) is 2.32. The largest absolute Gasteiger partial charge is 0.352 e. The Labute approximate surface area is 116 Å². The summed E-state index contributed by atoms with van der Waals surface area (Å²) in [6, 6.07) is 5.77. The van der Waals surface area contributed by atoms with Crippen LogP contribution in [0.15, 0.2) is 22.7 Å². The summed E-state index contributed by atoms with van der Waals surface area (Å²) < 4.78 is 0.940. The smallest absolute Gasteiger partial charge is 0.251 e. The van der Waals surface area contributed by atoms with Gasteiger partial charge in [0.25, 0.3) is 5.91 Å². The van der Waals surface area contributed by atoms with Crippen LogP contribution in [0.25, 0.3) is 0 Å². The van der Waals surface area contributed by atoms with Crippen molar-refractivity contribution in [3.8, 4) is 0 Å². The second kappa shape index (κ2) is 7.77. The highest BCUT2D eigenvalue weighted by atomic mass is 79.9. The van der Waals surface area contributed by atoms with Crippen molar-refractivity contribution in [3.05, 3.63) is 33.8 Å². The molecule has 1 aromatic carbocycles. The maximum atomic E-state index is 11.9. The molecule has 0 unspecified atom stereocenters. The molecule has 17 heavy (non-hydrogen) atoms. The van der Waals surface area contributed by atoms with Crippen molar-refractivity contribution in [3.63, 3.8) is 0 Å². The molecule has 0 heterocycles. The van der Waals surface area contributed by atoms with Crippen LogP contribution in [0.1, 0.15) is 28.8 Å². The number of rotatable bonds is 6. The number of unbranched alkanes of at least 4 members (excludes halogenated alkanes) is 1. The van der Waals surface area contributed by atoms with Gasteiger partial charge in [0.2, 0.25) is 0 Å². The minimum atomic E-state index is 0.0213. The number of hydrogen-bond donors (Lipinski definition) is 1. The third kappa shape index (κ3) is 5.13. The molecule has 1 amide bonds. The zero-order valence-corrected chi connectivity index (χ0v) is 12.7. The summed E-state index contributed by atoms with van der Waals surface area (Å²) in [5.41, 5.74) is 1.76. The number of thioether (sulfide) groups is 1. The van der Waals surface area contributed by atoms with Crippen molar-refractivity contribution in [2.24, 2.45) is 0 Å². The van der Waals surface area contributed by atoms with E-state index in [1.807, 2.05) is 36.9 Å². The lowest BCUT2D eigenvalue weighted by molar-refractivity contribution is 0.0952. The summed E-state index contributed by atoms with van der Waals surface area (Å²) in [5.74, 6) is 1.18. The zero-order chi connectivity index (χ0) is 12.7. The molecule has 1 N–H and O–H groups in total. The van der Waals surface area contributed by atoms with Gasteiger partial charge in [0.1, 0.15) is 0 Å². The SMILES string of the molecule is CSCCCCNC(=O)c1cc(Br)ccc1C. The van der Waals surface area contributed by atoms with E-state index in [9.17, 15) is 4.79 Å². The van der Waals surface area contributed by atoms with E-state index in [1.165, 1.54) is 0 Å². The number of benzene rings is 1. The third-order valence-electron chi connectivity index (χ3n) is 2.51. The summed E-state index contributed by atoms with van der Waals surface area (Å²) in [4.78, 5) is 11.9. The van der Waals surface area contributed by atoms with E-state index in [0.29, 0.717) is 0 Å². The molecule has 1 rings (SSSR count). The lowest BCUT2D eigenvalue weighted by atomic mass is 10.1. The van der Waals surface area contributed by atoms with Gasteiger partial charge >= 0.3 is 0 Å². The molecule has 0 bridgehead atoms. The Kier molecular flexibility index (Phi) is 6.66. The van der Waals surface area contributed by atoms with Crippen molar-refractivity contribution in [1.29, 1.82) is 0 Å². The Bertz CT molecular complexity index is 382. The van der Waals surface area contributed by atoms with Crippen LogP contribution >= 0.6 is 27.7 Å². The van der Waals surface area contributed by atoms with Crippen molar-refractivity contribution in [2.45, 2.75) is 19.8 Å². The molecule has 0 aliphatic rings. The summed E-state index contributed by atoms with van der Waals surface area (Å²) in [6.45, 7) is 2.71. The van der Waals surface area contributed by atoms with Gasteiger partial charge in [-0.3, -0.25) is 4.79 Å². The molecule has 94 valence electrons. The zero-order valence-electron chi connectivity index (χ0n) is 10.3. The Morgan fingerprint density at radius 2 is 2.18 bits per heavy atom. The Morgan fingerprint density at radius 1 is 1.41 bits per heavy atom. The second-order valence-corrected chi connectivity index (χ2v) is 5.82. The molecule has 0 spiro atoms. The molecule has 0 fully saturated rings. The van der Waals surface area contributed by atoms with E-state index < -0.39 is 0 Å². The van der Waals surface area contributed by atoms with Gasteiger partial charge in [-0.15, -0.1) is 0 Å². The molecule has 0 saturated carbocycles. The predicted molar refractivity (Wildman–Crippen MR) is 78.8 cm³/mol. The van der Waals surface area contributed by atoms with Crippen molar-refractivity contribution in [2.75, 3.05) is 18.6 Å². The average molecular weight is 316 g/mol. The van der Waals surface area contributed by atoms with Gasteiger partial charge in [-0.25, -0.2) is 0 Å². The molecule has 0 aliphatic heterocycles. The van der Waals surface area contributed by atoms with Crippen LogP contribution in [0, 0.1) is 6.92 Å². The topological polar surface area (TPSA) is 29.1 Å². The second-order valence-electron chi connectivity index (χ2n) is 3.92. The highest BCUT2D eigenvalue weighted by Gasteiger charge is 2.08. The number of carbonyl (C=O) groups is 1. The monoisotopic (exact) mass is 315 g/mol. The van der Waals surface area contributed by atoms with Gasteiger partial charge in [-0.1, -0.05) is 22.0 Å². The van der Waals surface area contributed by atoms with Gasteiger partial charge in [-0.2, -0.15) is 11.8 Å². The van der Waals surface area contributed by atoms with Crippen LogP contribution in [0.5, 0.6) is 0 Å². The van der Waals surface area contributed by atoms with Crippen molar-refractivity contribution in [1.82, 2.24) is 5.32 Å². The maximum Gasteiger partial charge on any atom is 0.251 e. The lowest BCUT2D eigenvalue weighted by Gasteiger charge is -2.08. The summed E-state index contributed by atoms with van der Waals surface area (Å²) >= 11 is 5.23. The van der Waals surface area contributed by atoms with Crippen LogP contribution in [0.4, 0.5) is 0 Å². The summed E-state index contributed by atoms with van der Waals surface area (Å²) in [5, 5.41) is 2.96. The molecule has 2 nitrogen and oxygen atoms in total. The van der Waals surface area contributed by atoms with Crippen LogP contribution in [0.2, 0.25) is 0 Å². The van der Waals surface area contributed by atoms with Gasteiger partial charge in [-0.05, 0) is 49.5 Å². The molecule has 1 aromatic rings. The molecular formula is C13H18BrNOS. The lowest BCUT2D eigenvalue weighted by Crippen LogP contribution is -2.25. The van der Waals surface area contributed by atoms with Crippen LogP contribution in [-0.2, 0) is 0 Å². The Morgan fingerprint density at radius 3 is 2.88 bits per heavy atom. The highest BCUT2D eigenvalue weighted by Crippen LogP contribution is 2.15. The Balaban J connectivity index is 2.44. The molecule has 0 saturated heterocycles. The number of halogens is 1. The first-order valence-corrected chi connectivity index (χ1v) is 7.87. The number of nitrogens with one attached hydrogen (secondary N) is 1. The maximum absolute atomic E-state index is 11.9. The molecular weight excluding hydrogens is 298 g/mol. The summed E-state index contributed by atoms with van der Waals surface area (Å²) in [7, 11) is 0. The fourth-order valence-corrected chi connectivity index (χ4v) is 2.36. The molecule has 4 heteroatoms. The van der Waals surface area contributed by atoms with Gasteiger partial charge in [0.05, 0.1) is 0 Å². The van der Waals surface area contributed by atoms with Gasteiger partial charge in [0, 0.05) is 16.6 Å². The fraction of sp³-hybridized carbons (Fsp3) is 0.462. The first kappa shape index (κ1) is 14.6. The van der Waals surface area contributed by atoms with Crippen LogP contribution in [-0.4, -0.2) is 24.5 Å². The van der Waals surface area contributed by atoms with Crippen molar-refractivity contribution < 1.29 is 4.79 Å². The number of amides is 1. The number of carbonyl (C=O) groups excluding carboxylic acids is 1. The van der Waals surface area contributed by atoms with E-state index in [4.69, 9.17) is 0 Å². The van der Waals surface area contributed by atoms with Gasteiger partial charge < -0.3 is 5.32 Å². The van der Waals surface area contributed by atoms with Crippen LogP contribution < -0.4 is 5.32 Å². The predicted octanol–water partition coefficient (Wildman–Crippen LogP) is 3.63. The molecule has 0 aromatic heterocycles. The molecule has 0 radical (unpaired) electrons. The first-order valence-electron chi connectivity index (χ1n) is 5.68. The van der Waals surface area contributed by atoms with E-state index in [2.05, 4.69) is 27.5 Å².